The average molecular weight is 300 g/mol. The highest BCUT2D eigenvalue weighted by Crippen LogP contribution is 2.30. The highest BCUT2D eigenvalue weighted by atomic mass is 16.2. The zero-order chi connectivity index (χ0) is 15.8. The van der Waals surface area contributed by atoms with Crippen LogP contribution in [0.2, 0.25) is 0 Å². The van der Waals surface area contributed by atoms with E-state index in [-0.39, 0.29) is 11.8 Å². The van der Waals surface area contributed by atoms with Crippen molar-refractivity contribution in [3.63, 3.8) is 0 Å². The number of carbonyl (C=O) groups is 1. The molecule has 1 aliphatic heterocycles. The molecule has 1 aromatic rings. The number of fused-ring (bicyclic) bond motifs is 1. The van der Waals surface area contributed by atoms with Gasteiger partial charge in [-0.05, 0) is 42.8 Å². The van der Waals surface area contributed by atoms with Gasteiger partial charge in [0.15, 0.2) is 0 Å². The number of anilines is 1. The third kappa shape index (κ3) is 4.01. The maximum Gasteiger partial charge on any atom is 0.230 e. The second-order valence-electron chi connectivity index (χ2n) is 5.80. The second-order valence-corrected chi connectivity index (χ2v) is 5.80. The summed E-state index contributed by atoms with van der Waals surface area (Å²) in [6.07, 6.45) is 5.69. The fourth-order valence-corrected chi connectivity index (χ4v) is 3.05. The summed E-state index contributed by atoms with van der Waals surface area (Å²) in [5, 5.41) is 3.59. The zero-order valence-corrected chi connectivity index (χ0v) is 13.2. The molecule has 1 unspecified atom stereocenters. The van der Waals surface area contributed by atoms with Crippen LogP contribution in [0.3, 0.4) is 0 Å². The number of nitrogens with zero attached hydrogens (tertiary/aromatic N) is 4. The highest BCUT2D eigenvalue weighted by molar-refractivity contribution is 5.96. The Kier molecular flexibility index (Phi) is 6.28. The Morgan fingerprint density at radius 3 is 2.95 bits per heavy atom. The number of amides is 1. The molecule has 2 rings (SSSR count). The summed E-state index contributed by atoms with van der Waals surface area (Å²) in [6.45, 7) is 3.34. The van der Waals surface area contributed by atoms with E-state index in [0.717, 1.165) is 44.3 Å². The molecular weight excluding hydrogens is 276 g/mol. The van der Waals surface area contributed by atoms with Gasteiger partial charge in [0, 0.05) is 29.6 Å². The molecule has 0 saturated carbocycles. The molecule has 0 aliphatic carbocycles. The van der Waals surface area contributed by atoms with Gasteiger partial charge in [-0.1, -0.05) is 43.1 Å². The van der Waals surface area contributed by atoms with E-state index in [1.807, 2.05) is 17.0 Å². The summed E-state index contributed by atoms with van der Waals surface area (Å²) in [6, 6.07) is 8.20. The predicted molar refractivity (Wildman–Crippen MR) is 88.8 cm³/mol. The molecule has 1 heterocycles. The van der Waals surface area contributed by atoms with Crippen LogP contribution < -0.4 is 4.90 Å². The fourth-order valence-electron chi connectivity index (χ4n) is 3.05. The van der Waals surface area contributed by atoms with E-state index < -0.39 is 0 Å². The topological polar surface area (TPSA) is 69.1 Å². The average Bonchev–Trinajstić information content (AvgIpc) is 2.67. The Bertz CT molecular complexity index is 551. The van der Waals surface area contributed by atoms with Crippen molar-refractivity contribution in [2.75, 3.05) is 18.0 Å². The molecule has 5 nitrogen and oxygen atoms in total. The van der Waals surface area contributed by atoms with Crippen LogP contribution >= 0.6 is 0 Å². The van der Waals surface area contributed by atoms with E-state index in [1.165, 1.54) is 5.56 Å². The summed E-state index contributed by atoms with van der Waals surface area (Å²) >= 11 is 0. The van der Waals surface area contributed by atoms with E-state index in [0.29, 0.717) is 13.0 Å². The quantitative estimate of drug-likeness (QED) is 0.317. The lowest BCUT2D eigenvalue weighted by atomic mass is 9.97. The first kappa shape index (κ1) is 16.4. The van der Waals surface area contributed by atoms with E-state index in [2.05, 4.69) is 29.1 Å². The van der Waals surface area contributed by atoms with Gasteiger partial charge < -0.3 is 4.90 Å². The Labute approximate surface area is 131 Å². The van der Waals surface area contributed by atoms with Crippen LogP contribution in [0.25, 0.3) is 10.4 Å². The van der Waals surface area contributed by atoms with E-state index >= 15 is 0 Å². The number of hydrogen-bond acceptors (Lipinski definition) is 2. The Morgan fingerprint density at radius 1 is 1.36 bits per heavy atom. The van der Waals surface area contributed by atoms with Gasteiger partial charge in [-0.2, -0.15) is 0 Å². The van der Waals surface area contributed by atoms with Crippen molar-refractivity contribution < 1.29 is 4.79 Å². The van der Waals surface area contributed by atoms with Gasteiger partial charge in [-0.3, -0.25) is 4.79 Å². The molecule has 5 heteroatoms. The lowest BCUT2D eigenvalue weighted by Crippen LogP contribution is -2.36. The van der Waals surface area contributed by atoms with E-state index in [4.69, 9.17) is 5.53 Å². The van der Waals surface area contributed by atoms with Crippen LogP contribution in [-0.4, -0.2) is 19.0 Å². The lowest BCUT2D eigenvalue weighted by Gasteiger charge is -2.25. The van der Waals surface area contributed by atoms with Crippen molar-refractivity contribution in [2.45, 2.75) is 45.4 Å². The van der Waals surface area contributed by atoms with E-state index in [1.54, 1.807) is 0 Å². The first-order valence-electron chi connectivity index (χ1n) is 8.18. The van der Waals surface area contributed by atoms with Crippen molar-refractivity contribution in [3.8, 4) is 0 Å². The minimum Gasteiger partial charge on any atom is -0.312 e. The van der Waals surface area contributed by atoms with Crippen molar-refractivity contribution in [1.82, 2.24) is 0 Å². The number of para-hydroxylation sites is 1. The van der Waals surface area contributed by atoms with Crippen molar-refractivity contribution in [1.29, 1.82) is 0 Å². The van der Waals surface area contributed by atoms with Gasteiger partial charge >= 0.3 is 0 Å². The zero-order valence-electron chi connectivity index (χ0n) is 13.2. The number of aryl methyl sites for hydroxylation is 1. The molecule has 0 spiro atoms. The first-order chi connectivity index (χ1) is 10.8. The number of rotatable bonds is 7. The van der Waals surface area contributed by atoms with Gasteiger partial charge in [-0.25, -0.2) is 0 Å². The van der Waals surface area contributed by atoms with Gasteiger partial charge in [-0.15, -0.1) is 0 Å². The van der Waals surface area contributed by atoms with Crippen molar-refractivity contribution in [3.05, 3.63) is 40.3 Å². The first-order valence-corrected chi connectivity index (χ1v) is 8.18. The number of unbranched alkanes of at least 4 members (excludes halogenated alkanes) is 2. The third-order valence-corrected chi connectivity index (χ3v) is 4.29. The largest absolute Gasteiger partial charge is 0.312 e. The minimum atomic E-state index is -0.0421. The number of carbonyl (C=O) groups excluding carboxylic acids is 1. The summed E-state index contributed by atoms with van der Waals surface area (Å²) in [5.74, 6) is 0.147. The molecule has 0 saturated heterocycles. The molecule has 1 aromatic carbocycles. The lowest BCUT2D eigenvalue weighted by molar-refractivity contribution is -0.122. The second kappa shape index (κ2) is 8.44. The minimum absolute atomic E-state index is 0.0421. The van der Waals surface area contributed by atoms with Crippen molar-refractivity contribution in [2.24, 2.45) is 11.0 Å². The smallest absolute Gasteiger partial charge is 0.230 e. The third-order valence-electron chi connectivity index (χ3n) is 4.29. The van der Waals surface area contributed by atoms with Gasteiger partial charge in [0.05, 0.1) is 0 Å². The SMILES string of the molecule is CCCCCN1C(=O)C(CCN=[N+]=[N-])CCc2ccccc21. The number of azide groups is 1. The Balaban J connectivity index is 2.18. The van der Waals surface area contributed by atoms with Crippen LogP contribution in [0.1, 0.15) is 44.6 Å². The molecule has 0 bridgehead atoms. The van der Waals surface area contributed by atoms with Crippen LogP contribution in [0.5, 0.6) is 0 Å². The predicted octanol–water partition coefficient (Wildman–Crippen LogP) is 4.47. The molecule has 0 fully saturated rings. The molecule has 1 aliphatic rings. The van der Waals surface area contributed by atoms with Crippen LogP contribution in [0, 0.1) is 5.92 Å². The maximum atomic E-state index is 12.9. The number of benzene rings is 1. The number of hydrogen-bond donors (Lipinski definition) is 0. The molecule has 1 atom stereocenters. The van der Waals surface area contributed by atoms with Crippen LogP contribution in [-0.2, 0) is 11.2 Å². The van der Waals surface area contributed by atoms with Crippen LogP contribution in [0.4, 0.5) is 5.69 Å². The van der Waals surface area contributed by atoms with Gasteiger partial charge in [0.2, 0.25) is 5.91 Å². The summed E-state index contributed by atoms with van der Waals surface area (Å²) < 4.78 is 0. The summed E-state index contributed by atoms with van der Waals surface area (Å²) in [7, 11) is 0. The summed E-state index contributed by atoms with van der Waals surface area (Å²) in [5.41, 5.74) is 10.7. The summed E-state index contributed by atoms with van der Waals surface area (Å²) in [4.78, 5) is 17.6. The standard InChI is InChI=1S/C17H24N4O/c1-2-3-6-13-21-16-8-5-4-7-14(16)9-10-15(17(21)22)11-12-19-20-18/h4-5,7-8,15H,2-3,6,9-13H2,1H3. The fraction of sp³-hybridized carbons (Fsp3) is 0.588. The molecular formula is C17H24N4O. The molecule has 22 heavy (non-hydrogen) atoms. The monoisotopic (exact) mass is 300 g/mol. The van der Waals surface area contributed by atoms with Gasteiger partial charge in [0.25, 0.3) is 0 Å². The Hall–Kier alpha value is -2.00. The molecule has 118 valence electrons. The normalized spacial score (nSPS) is 17.6. The Morgan fingerprint density at radius 2 is 2.18 bits per heavy atom. The molecule has 1 amide bonds. The molecule has 0 aromatic heterocycles. The van der Waals surface area contributed by atoms with Crippen molar-refractivity contribution >= 4 is 11.6 Å². The molecule has 0 N–H and O–H groups in total. The van der Waals surface area contributed by atoms with Crippen LogP contribution in [0.15, 0.2) is 29.4 Å². The van der Waals surface area contributed by atoms with Gasteiger partial charge in [0.1, 0.15) is 0 Å². The maximum absolute atomic E-state index is 12.9. The van der Waals surface area contributed by atoms with E-state index in [9.17, 15) is 4.79 Å². The molecule has 0 radical (unpaired) electrons. The highest BCUT2D eigenvalue weighted by Gasteiger charge is 2.29.